The maximum atomic E-state index is 5.98. The Morgan fingerprint density at radius 2 is 2.06 bits per heavy atom. The number of fused-ring (bicyclic) bond motifs is 1. The summed E-state index contributed by atoms with van der Waals surface area (Å²) in [6.07, 6.45) is 3.49. The highest BCUT2D eigenvalue weighted by Crippen LogP contribution is 2.29. The first-order chi connectivity index (χ1) is 8.27. The Hall–Kier alpha value is -2.14. The van der Waals surface area contributed by atoms with E-state index in [0.29, 0.717) is 22.3 Å². The molecule has 17 heavy (non-hydrogen) atoms. The second kappa shape index (κ2) is 3.71. The molecule has 6 heteroatoms. The van der Waals surface area contributed by atoms with Crippen LogP contribution in [0.1, 0.15) is 0 Å². The van der Waals surface area contributed by atoms with Gasteiger partial charge in [-0.1, -0.05) is 17.7 Å². The molecule has 0 radical (unpaired) electrons. The molecule has 0 amide bonds. The average molecular weight is 246 g/mol. The number of benzene rings is 1. The number of nitrogens with two attached hydrogens (primary N) is 1. The minimum absolute atomic E-state index is 0.493. The van der Waals surface area contributed by atoms with E-state index in [1.54, 1.807) is 22.7 Å². The first kappa shape index (κ1) is 10.0. The Morgan fingerprint density at radius 1 is 1.18 bits per heavy atom. The SMILES string of the molecule is Nc1c(Cl)cccc1-c1nnc2ncccn12. The summed E-state index contributed by atoms with van der Waals surface area (Å²) in [5.41, 5.74) is 7.17. The van der Waals surface area contributed by atoms with Crippen LogP contribution in [0, 0.1) is 0 Å². The third kappa shape index (κ3) is 1.52. The van der Waals surface area contributed by atoms with Gasteiger partial charge in [0.05, 0.1) is 10.7 Å². The van der Waals surface area contributed by atoms with Gasteiger partial charge in [-0.15, -0.1) is 10.2 Å². The molecular formula is C11H8ClN5. The van der Waals surface area contributed by atoms with Gasteiger partial charge in [-0.05, 0) is 18.2 Å². The van der Waals surface area contributed by atoms with Gasteiger partial charge in [0.2, 0.25) is 0 Å². The number of para-hydroxylation sites is 1. The molecule has 0 saturated carbocycles. The molecule has 2 heterocycles. The molecule has 2 N–H and O–H groups in total. The molecule has 0 unspecified atom stereocenters. The quantitative estimate of drug-likeness (QED) is 0.666. The first-order valence-corrected chi connectivity index (χ1v) is 5.35. The minimum Gasteiger partial charge on any atom is -0.397 e. The van der Waals surface area contributed by atoms with Crippen molar-refractivity contribution < 1.29 is 0 Å². The zero-order chi connectivity index (χ0) is 11.8. The van der Waals surface area contributed by atoms with Crippen molar-refractivity contribution in [2.45, 2.75) is 0 Å². The van der Waals surface area contributed by atoms with Gasteiger partial charge in [0.15, 0.2) is 5.82 Å². The van der Waals surface area contributed by atoms with E-state index in [9.17, 15) is 0 Å². The molecule has 0 spiro atoms. The van der Waals surface area contributed by atoms with Gasteiger partial charge in [-0.2, -0.15) is 0 Å². The number of halogens is 1. The molecule has 2 aromatic heterocycles. The van der Waals surface area contributed by atoms with E-state index in [0.717, 1.165) is 5.56 Å². The van der Waals surface area contributed by atoms with Crippen LogP contribution < -0.4 is 5.73 Å². The van der Waals surface area contributed by atoms with E-state index < -0.39 is 0 Å². The van der Waals surface area contributed by atoms with E-state index in [2.05, 4.69) is 15.2 Å². The fourth-order valence-electron chi connectivity index (χ4n) is 1.66. The Balaban J connectivity index is 2.31. The molecule has 0 atom stereocenters. The smallest absolute Gasteiger partial charge is 0.255 e. The highest BCUT2D eigenvalue weighted by Gasteiger charge is 2.12. The number of hydrogen-bond acceptors (Lipinski definition) is 4. The number of hydrogen-bond donors (Lipinski definition) is 1. The standard InChI is InChI=1S/C11H8ClN5/c12-8-4-1-3-7(9(8)13)10-15-16-11-14-5-2-6-17(10)11/h1-6H,13H2. The van der Waals surface area contributed by atoms with Crippen molar-refractivity contribution in [2.75, 3.05) is 5.73 Å². The summed E-state index contributed by atoms with van der Waals surface area (Å²) in [4.78, 5) is 4.10. The molecule has 0 fully saturated rings. The van der Waals surface area contributed by atoms with Crippen LogP contribution in [-0.2, 0) is 0 Å². The zero-order valence-electron chi connectivity index (χ0n) is 8.71. The molecule has 0 aliphatic heterocycles. The second-order valence-electron chi connectivity index (χ2n) is 3.51. The van der Waals surface area contributed by atoms with Crippen molar-refractivity contribution in [2.24, 2.45) is 0 Å². The topological polar surface area (TPSA) is 69.1 Å². The van der Waals surface area contributed by atoms with Crippen molar-refractivity contribution in [1.29, 1.82) is 0 Å². The van der Waals surface area contributed by atoms with E-state index in [-0.39, 0.29) is 0 Å². The normalized spacial score (nSPS) is 10.9. The van der Waals surface area contributed by atoms with Crippen LogP contribution in [0.15, 0.2) is 36.7 Å². The third-order valence-electron chi connectivity index (χ3n) is 2.48. The molecular weight excluding hydrogens is 238 g/mol. The summed E-state index contributed by atoms with van der Waals surface area (Å²) in [5, 5.41) is 8.55. The predicted molar refractivity (Wildman–Crippen MR) is 65.6 cm³/mol. The lowest BCUT2D eigenvalue weighted by Crippen LogP contribution is -1.95. The van der Waals surface area contributed by atoms with Crippen LogP contribution in [0.4, 0.5) is 5.69 Å². The van der Waals surface area contributed by atoms with E-state index in [4.69, 9.17) is 17.3 Å². The Labute approximate surface area is 102 Å². The molecule has 3 aromatic rings. The summed E-state index contributed by atoms with van der Waals surface area (Å²) < 4.78 is 1.77. The molecule has 1 aromatic carbocycles. The fourth-order valence-corrected chi connectivity index (χ4v) is 1.83. The fraction of sp³-hybridized carbons (Fsp3) is 0. The van der Waals surface area contributed by atoms with Crippen molar-refractivity contribution in [3.8, 4) is 11.4 Å². The Kier molecular flexibility index (Phi) is 2.19. The summed E-state index contributed by atoms with van der Waals surface area (Å²) >= 11 is 5.98. The largest absolute Gasteiger partial charge is 0.397 e. The second-order valence-corrected chi connectivity index (χ2v) is 3.92. The molecule has 0 aliphatic carbocycles. The minimum atomic E-state index is 0.493. The number of anilines is 1. The van der Waals surface area contributed by atoms with Gasteiger partial charge < -0.3 is 5.73 Å². The van der Waals surface area contributed by atoms with Crippen LogP contribution in [-0.4, -0.2) is 19.6 Å². The monoisotopic (exact) mass is 245 g/mol. The average Bonchev–Trinajstić information content (AvgIpc) is 2.77. The lowest BCUT2D eigenvalue weighted by molar-refractivity contribution is 1.10. The van der Waals surface area contributed by atoms with Crippen LogP contribution in [0.3, 0.4) is 0 Å². The lowest BCUT2D eigenvalue weighted by Gasteiger charge is -2.04. The van der Waals surface area contributed by atoms with Gasteiger partial charge in [0.25, 0.3) is 5.78 Å². The van der Waals surface area contributed by atoms with E-state index in [1.807, 2.05) is 18.3 Å². The Bertz CT molecular complexity index is 691. The molecule has 3 rings (SSSR count). The van der Waals surface area contributed by atoms with E-state index in [1.165, 1.54) is 0 Å². The predicted octanol–water partition coefficient (Wildman–Crippen LogP) is 2.03. The molecule has 0 aliphatic rings. The van der Waals surface area contributed by atoms with Crippen molar-refractivity contribution in [3.05, 3.63) is 41.7 Å². The van der Waals surface area contributed by atoms with Crippen LogP contribution in [0.5, 0.6) is 0 Å². The summed E-state index contributed by atoms with van der Waals surface area (Å²) in [6, 6.07) is 7.22. The number of rotatable bonds is 1. The summed E-state index contributed by atoms with van der Waals surface area (Å²) in [5.74, 6) is 1.16. The van der Waals surface area contributed by atoms with Crippen molar-refractivity contribution in [3.63, 3.8) is 0 Å². The number of nitrogen functional groups attached to an aromatic ring is 1. The summed E-state index contributed by atoms with van der Waals surface area (Å²) in [7, 11) is 0. The van der Waals surface area contributed by atoms with Gasteiger partial charge in [-0.25, -0.2) is 4.98 Å². The number of aromatic nitrogens is 4. The van der Waals surface area contributed by atoms with Gasteiger partial charge in [0.1, 0.15) is 0 Å². The van der Waals surface area contributed by atoms with Crippen molar-refractivity contribution in [1.82, 2.24) is 19.6 Å². The van der Waals surface area contributed by atoms with Gasteiger partial charge >= 0.3 is 0 Å². The maximum absolute atomic E-state index is 5.98. The third-order valence-corrected chi connectivity index (χ3v) is 2.81. The number of nitrogens with zero attached hydrogens (tertiary/aromatic N) is 4. The molecule has 84 valence electrons. The van der Waals surface area contributed by atoms with Crippen molar-refractivity contribution >= 4 is 23.1 Å². The lowest BCUT2D eigenvalue weighted by atomic mass is 10.1. The highest BCUT2D eigenvalue weighted by molar-refractivity contribution is 6.33. The molecule has 0 bridgehead atoms. The highest BCUT2D eigenvalue weighted by atomic mass is 35.5. The zero-order valence-corrected chi connectivity index (χ0v) is 9.46. The van der Waals surface area contributed by atoms with Crippen LogP contribution in [0.25, 0.3) is 17.2 Å². The van der Waals surface area contributed by atoms with Gasteiger partial charge in [0, 0.05) is 18.0 Å². The maximum Gasteiger partial charge on any atom is 0.255 e. The van der Waals surface area contributed by atoms with Gasteiger partial charge in [-0.3, -0.25) is 4.40 Å². The Morgan fingerprint density at radius 3 is 2.94 bits per heavy atom. The van der Waals surface area contributed by atoms with Crippen LogP contribution in [0.2, 0.25) is 5.02 Å². The first-order valence-electron chi connectivity index (χ1n) is 4.97. The summed E-state index contributed by atoms with van der Waals surface area (Å²) in [6.45, 7) is 0. The molecule has 0 saturated heterocycles. The van der Waals surface area contributed by atoms with E-state index >= 15 is 0 Å². The molecule has 5 nitrogen and oxygen atoms in total. The van der Waals surface area contributed by atoms with Crippen LogP contribution >= 0.6 is 11.6 Å².